The lowest BCUT2D eigenvalue weighted by Gasteiger charge is -2.32. The Labute approximate surface area is 139 Å². The summed E-state index contributed by atoms with van der Waals surface area (Å²) in [6, 6.07) is 0. The van der Waals surface area contributed by atoms with Crippen LogP contribution in [0.25, 0.3) is 11.2 Å². The Morgan fingerprint density at radius 1 is 1.21 bits per heavy atom. The van der Waals surface area contributed by atoms with E-state index in [-0.39, 0.29) is 0 Å². The molecule has 0 unspecified atom stereocenters. The highest BCUT2D eigenvalue weighted by atomic mass is 16.5. The fourth-order valence-corrected chi connectivity index (χ4v) is 3.40. The summed E-state index contributed by atoms with van der Waals surface area (Å²) in [6.07, 6.45) is 9.30. The van der Waals surface area contributed by atoms with Crippen molar-refractivity contribution in [3.05, 3.63) is 30.9 Å². The van der Waals surface area contributed by atoms with E-state index in [1.54, 1.807) is 19.8 Å². The van der Waals surface area contributed by atoms with Gasteiger partial charge in [0.25, 0.3) is 0 Å². The van der Waals surface area contributed by atoms with Gasteiger partial charge in [-0.05, 0) is 12.8 Å². The summed E-state index contributed by atoms with van der Waals surface area (Å²) in [5.41, 5.74) is 1.63. The molecule has 8 heteroatoms. The Kier molecular flexibility index (Phi) is 4.12. The molecule has 4 heterocycles. The van der Waals surface area contributed by atoms with Crippen molar-refractivity contribution in [1.29, 1.82) is 0 Å². The minimum atomic E-state index is 0.479. The molecule has 1 aliphatic rings. The standard InChI is InChI=1S/C16H21N7O/c1-24-9-8-23-7-4-17-15(23)12-2-5-22(6-3-12)16-13-14(19-10-18-13)20-11-21-16/h4,7,10-12H,2-3,5-6,8-9H2,1H3,(H,18,19,20,21). The SMILES string of the molecule is COCCn1ccnc1C1CCN(c2ncnc3nc[nH]c23)CC1. The number of hydrogen-bond acceptors (Lipinski definition) is 6. The molecule has 0 atom stereocenters. The van der Waals surface area contributed by atoms with Gasteiger partial charge in [-0.25, -0.2) is 19.9 Å². The van der Waals surface area contributed by atoms with Gasteiger partial charge < -0.3 is 19.2 Å². The third-order valence-electron chi connectivity index (χ3n) is 4.65. The molecular weight excluding hydrogens is 306 g/mol. The molecule has 0 bridgehead atoms. The molecule has 0 amide bonds. The second-order valence-electron chi connectivity index (χ2n) is 6.03. The monoisotopic (exact) mass is 327 g/mol. The maximum absolute atomic E-state index is 5.19. The van der Waals surface area contributed by atoms with E-state index in [0.29, 0.717) is 12.5 Å². The van der Waals surface area contributed by atoms with Crippen molar-refractivity contribution in [2.45, 2.75) is 25.3 Å². The topological polar surface area (TPSA) is 84.8 Å². The van der Waals surface area contributed by atoms with Crippen LogP contribution in [0, 0.1) is 0 Å². The summed E-state index contributed by atoms with van der Waals surface area (Å²) in [5.74, 6) is 2.59. The van der Waals surface area contributed by atoms with Gasteiger partial charge in [0.05, 0.1) is 12.9 Å². The molecule has 1 fully saturated rings. The highest BCUT2D eigenvalue weighted by molar-refractivity contribution is 5.82. The number of nitrogens with one attached hydrogen (secondary N) is 1. The van der Waals surface area contributed by atoms with Gasteiger partial charge in [-0.1, -0.05) is 0 Å². The second-order valence-corrected chi connectivity index (χ2v) is 6.03. The first kappa shape index (κ1) is 15.1. The average Bonchev–Trinajstić information content (AvgIpc) is 3.29. The number of imidazole rings is 2. The van der Waals surface area contributed by atoms with Crippen LogP contribution < -0.4 is 4.90 Å². The maximum atomic E-state index is 5.19. The molecule has 3 aromatic heterocycles. The molecule has 0 spiro atoms. The average molecular weight is 327 g/mol. The molecule has 1 saturated heterocycles. The molecule has 0 aromatic carbocycles. The van der Waals surface area contributed by atoms with Crippen LogP contribution in [-0.2, 0) is 11.3 Å². The fourth-order valence-electron chi connectivity index (χ4n) is 3.40. The van der Waals surface area contributed by atoms with E-state index < -0.39 is 0 Å². The lowest BCUT2D eigenvalue weighted by molar-refractivity contribution is 0.185. The molecule has 24 heavy (non-hydrogen) atoms. The molecular formula is C16H21N7O. The number of methoxy groups -OCH3 is 1. The van der Waals surface area contributed by atoms with Gasteiger partial charge in [-0.3, -0.25) is 0 Å². The van der Waals surface area contributed by atoms with Gasteiger partial charge in [0, 0.05) is 45.1 Å². The van der Waals surface area contributed by atoms with Gasteiger partial charge in [-0.2, -0.15) is 0 Å². The van der Waals surface area contributed by atoms with Gasteiger partial charge in [0.2, 0.25) is 0 Å². The molecule has 0 aliphatic carbocycles. The number of piperidine rings is 1. The van der Waals surface area contributed by atoms with E-state index >= 15 is 0 Å². The Morgan fingerprint density at radius 2 is 2.08 bits per heavy atom. The summed E-state index contributed by atoms with van der Waals surface area (Å²) >= 11 is 0. The van der Waals surface area contributed by atoms with Crippen LogP contribution in [0.4, 0.5) is 5.82 Å². The van der Waals surface area contributed by atoms with Crippen molar-refractivity contribution in [1.82, 2.24) is 29.5 Å². The van der Waals surface area contributed by atoms with Crippen LogP contribution in [-0.4, -0.2) is 56.3 Å². The molecule has 4 rings (SSSR count). The minimum Gasteiger partial charge on any atom is -0.383 e. The molecule has 3 aromatic rings. The van der Waals surface area contributed by atoms with Crippen LogP contribution in [0.2, 0.25) is 0 Å². The third kappa shape index (κ3) is 2.73. The fraction of sp³-hybridized carbons (Fsp3) is 0.500. The largest absolute Gasteiger partial charge is 0.383 e. The van der Waals surface area contributed by atoms with Crippen molar-refractivity contribution < 1.29 is 4.74 Å². The van der Waals surface area contributed by atoms with Crippen LogP contribution in [0.3, 0.4) is 0 Å². The number of aromatic nitrogens is 6. The Hall–Kier alpha value is -2.48. The number of aromatic amines is 1. The number of ether oxygens (including phenoxy) is 1. The highest BCUT2D eigenvalue weighted by Gasteiger charge is 2.25. The summed E-state index contributed by atoms with van der Waals surface area (Å²) in [6.45, 7) is 3.47. The first-order chi connectivity index (χ1) is 11.9. The van der Waals surface area contributed by atoms with E-state index in [1.165, 1.54) is 5.82 Å². The summed E-state index contributed by atoms with van der Waals surface area (Å²) in [5, 5.41) is 0. The van der Waals surface area contributed by atoms with Crippen molar-refractivity contribution in [2.75, 3.05) is 31.7 Å². The Bertz CT molecular complexity index is 803. The summed E-state index contributed by atoms with van der Waals surface area (Å²) in [4.78, 5) is 22.9. The Morgan fingerprint density at radius 3 is 2.92 bits per heavy atom. The van der Waals surface area contributed by atoms with Crippen LogP contribution >= 0.6 is 0 Å². The number of rotatable bonds is 5. The van der Waals surface area contributed by atoms with Crippen molar-refractivity contribution >= 4 is 17.0 Å². The minimum absolute atomic E-state index is 0.479. The molecule has 1 N–H and O–H groups in total. The van der Waals surface area contributed by atoms with E-state index in [0.717, 1.165) is 49.5 Å². The first-order valence-electron chi connectivity index (χ1n) is 8.26. The van der Waals surface area contributed by atoms with Crippen LogP contribution in [0.15, 0.2) is 25.0 Å². The van der Waals surface area contributed by atoms with Gasteiger partial charge >= 0.3 is 0 Å². The lowest BCUT2D eigenvalue weighted by atomic mass is 9.96. The smallest absolute Gasteiger partial charge is 0.182 e. The van der Waals surface area contributed by atoms with Gasteiger partial charge in [0.1, 0.15) is 17.7 Å². The predicted molar refractivity (Wildman–Crippen MR) is 90.0 cm³/mol. The zero-order valence-electron chi connectivity index (χ0n) is 13.7. The molecule has 126 valence electrons. The zero-order chi connectivity index (χ0) is 16.4. The van der Waals surface area contributed by atoms with E-state index in [2.05, 4.69) is 34.4 Å². The van der Waals surface area contributed by atoms with Crippen LogP contribution in [0.5, 0.6) is 0 Å². The van der Waals surface area contributed by atoms with Crippen molar-refractivity contribution in [3.63, 3.8) is 0 Å². The van der Waals surface area contributed by atoms with E-state index in [9.17, 15) is 0 Å². The quantitative estimate of drug-likeness (QED) is 0.766. The van der Waals surface area contributed by atoms with Crippen molar-refractivity contribution in [2.24, 2.45) is 0 Å². The number of anilines is 1. The lowest BCUT2D eigenvalue weighted by Crippen LogP contribution is -2.34. The maximum Gasteiger partial charge on any atom is 0.182 e. The number of nitrogens with zero attached hydrogens (tertiary/aromatic N) is 6. The summed E-state index contributed by atoms with van der Waals surface area (Å²) in [7, 11) is 1.73. The van der Waals surface area contributed by atoms with E-state index in [4.69, 9.17) is 4.74 Å². The predicted octanol–water partition coefficient (Wildman–Crippen LogP) is 1.58. The molecule has 1 aliphatic heterocycles. The number of H-pyrrole nitrogens is 1. The number of fused-ring (bicyclic) bond motifs is 1. The van der Waals surface area contributed by atoms with Gasteiger partial charge in [0.15, 0.2) is 11.5 Å². The van der Waals surface area contributed by atoms with Gasteiger partial charge in [-0.15, -0.1) is 0 Å². The summed E-state index contributed by atoms with van der Waals surface area (Å²) < 4.78 is 7.40. The zero-order valence-corrected chi connectivity index (χ0v) is 13.7. The second kappa shape index (κ2) is 6.56. The number of hydrogen-bond donors (Lipinski definition) is 1. The normalized spacial score (nSPS) is 16.1. The third-order valence-corrected chi connectivity index (χ3v) is 4.65. The molecule has 8 nitrogen and oxygen atoms in total. The van der Waals surface area contributed by atoms with Crippen molar-refractivity contribution in [3.8, 4) is 0 Å². The first-order valence-corrected chi connectivity index (χ1v) is 8.26. The molecule has 0 saturated carbocycles. The van der Waals surface area contributed by atoms with Crippen LogP contribution in [0.1, 0.15) is 24.6 Å². The molecule has 0 radical (unpaired) electrons. The Balaban J connectivity index is 1.47. The van der Waals surface area contributed by atoms with E-state index in [1.807, 2.05) is 12.4 Å². The highest BCUT2D eigenvalue weighted by Crippen LogP contribution is 2.30.